The van der Waals surface area contributed by atoms with Crippen molar-refractivity contribution >= 4 is 110 Å². The predicted molar refractivity (Wildman–Crippen MR) is 349 cm³/mol. The number of hydrogen-bond donors (Lipinski definition) is 7. The highest BCUT2D eigenvalue weighted by Gasteiger charge is 2.53. The van der Waals surface area contributed by atoms with Crippen LogP contribution in [-0.2, 0) is 138 Å². The molecule has 5 aromatic rings. The molecule has 7 unspecified atom stereocenters. The molecule has 8 N–H and O–H groups in total. The van der Waals surface area contributed by atoms with E-state index in [1.165, 1.54) is 38.8 Å². The molecule has 5 aromatic heterocycles. The average molecular weight is 1580 g/mol. The van der Waals surface area contributed by atoms with Crippen LogP contribution in [0.1, 0.15) is 74.7 Å². The number of anilines is 1. The number of nitrogens with two attached hydrogens (primary N) is 1. The monoisotopic (exact) mass is 1580 g/mol. The zero-order chi connectivity index (χ0) is 71.7. The van der Waals surface area contributed by atoms with Gasteiger partial charge in [0.15, 0.2) is 30.4 Å². The Kier molecular flexibility index (Phi) is 25.9. The molecular weight excluding hydrogens is 1510 g/mol. The van der Waals surface area contributed by atoms with Crippen LogP contribution in [0, 0.1) is 20.8 Å². The predicted octanol–water partition coefficient (Wildman–Crippen LogP) is -2.27. The minimum atomic E-state index is -4.97. The molecule has 0 aliphatic carbocycles. The second-order valence-corrected chi connectivity index (χ2v) is 36.0. The summed E-state index contributed by atoms with van der Waals surface area (Å²) in [5.41, 5.74) is -0.0855. The third-order valence-corrected chi connectivity index (χ3v) is 23.0. The molecule has 9 rings (SSSR count). The van der Waals surface area contributed by atoms with Crippen molar-refractivity contribution in [3.63, 3.8) is 0 Å². The molecule has 0 amide bonds. The molecule has 4 saturated heterocycles. The number of nitrogens with zero attached hydrogens (tertiary/aromatic N) is 6. The summed E-state index contributed by atoms with van der Waals surface area (Å²) in [5, 5.41) is 9.31. The van der Waals surface area contributed by atoms with Crippen LogP contribution in [0.3, 0.4) is 0 Å². The van der Waals surface area contributed by atoms with Gasteiger partial charge < -0.3 is 112 Å². The number of aliphatic hydroxyl groups excluding tert-OH is 1. The van der Waals surface area contributed by atoms with Crippen molar-refractivity contribution in [1.29, 1.82) is 0 Å². The van der Waals surface area contributed by atoms with Crippen molar-refractivity contribution in [3.05, 3.63) is 114 Å². The van der Waals surface area contributed by atoms with E-state index in [0.29, 0.717) is 0 Å². The SMILES string of the molecule is COC1[C@@H](OP([O-])(=S)OCCCO)[C@@H](COP(O)(=S)O[C@@H]2C(OC)[C@H](n3cc(C)c(=O)[nH]c3=O)O[C@@H]2COP(=O)([S-])O[C@@H]2C[C@H](n3cc(C)c(=O)[nH]c3=O)O[C@@H]2COP([O-])(=S)O[C@@H]2C[C@H](n3cnc4c(=O)[nH]c(N)nc43)O[C@@H]2COP([O-])(=S)OC(C)C)O[C@H]1n1cc(C)c(=O)[nH]c1=O. The highest BCUT2D eigenvalue weighted by molar-refractivity contribution is 8.32. The molecule has 0 radical (unpaired) electrons. The topological polar surface area (TPSA) is 529 Å². The first-order chi connectivity index (χ1) is 45.9. The highest BCUT2D eigenvalue weighted by atomic mass is 32.7. The Bertz CT molecular complexity index is 4420. The van der Waals surface area contributed by atoms with Gasteiger partial charge in [0.2, 0.25) is 5.95 Å². The number of hydrogen-bond acceptors (Lipinski definition) is 36. The van der Waals surface area contributed by atoms with Crippen LogP contribution in [0.15, 0.2) is 58.5 Å². The van der Waals surface area contributed by atoms with Gasteiger partial charge in [0.1, 0.15) is 81.4 Å². The number of aryl methyl sites for hydroxylation is 3. The van der Waals surface area contributed by atoms with Gasteiger partial charge in [-0.15, -0.1) is 0 Å². The van der Waals surface area contributed by atoms with Crippen molar-refractivity contribution in [2.75, 3.05) is 59.6 Å². The van der Waals surface area contributed by atoms with E-state index in [-0.39, 0.29) is 59.9 Å². The molecule has 4 aliphatic rings. The van der Waals surface area contributed by atoms with E-state index in [1.807, 2.05) is 0 Å². The van der Waals surface area contributed by atoms with Crippen LogP contribution in [0.4, 0.5) is 5.95 Å². The molecule has 9 heterocycles. The van der Waals surface area contributed by atoms with Gasteiger partial charge >= 0.3 is 23.8 Å². The largest absolute Gasteiger partial charge is 0.780 e. The quantitative estimate of drug-likeness (QED) is 0.0136. The third-order valence-electron chi connectivity index (χ3n) is 15.1. The average Bonchev–Trinajstić information content (AvgIpc) is 1.64. The number of nitrogens with one attached hydrogen (secondary N) is 4. The highest BCUT2D eigenvalue weighted by Crippen LogP contribution is 2.55. The van der Waals surface area contributed by atoms with Gasteiger partial charge in [-0.3, -0.25) is 66.5 Å². The Morgan fingerprint density at radius 2 is 1.08 bits per heavy atom. The van der Waals surface area contributed by atoms with E-state index in [1.54, 1.807) is 13.8 Å². The van der Waals surface area contributed by atoms with E-state index in [0.717, 1.165) is 39.4 Å². The first-order valence-corrected chi connectivity index (χ1v) is 41.9. The number of methoxy groups -OCH3 is 2. The van der Waals surface area contributed by atoms with E-state index in [9.17, 15) is 62.8 Å². The van der Waals surface area contributed by atoms with Gasteiger partial charge in [0, 0.05) is 68.9 Å². The summed E-state index contributed by atoms with van der Waals surface area (Å²) < 4.78 is 112. The lowest BCUT2D eigenvalue weighted by Gasteiger charge is -2.35. The van der Waals surface area contributed by atoms with Crippen LogP contribution in [0.5, 0.6) is 0 Å². The zero-order valence-electron chi connectivity index (χ0n) is 52.3. The van der Waals surface area contributed by atoms with Gasteiger partial charge in [-0.2, -0.15) is 4.98 Å². The fourth-order valence-corrected chi connectivity index (χ4v) is 18.1. The Balaban J connectivity index is 0.953. The molecule has 4 aliphatic heterocycles. The van der Waals surface area contributed by atoms with Crippen molar-refractivity contribution in [3.8, 4) is 0 Å². The summed E-state index contributed by atoms with van der Waals surface area (Å²) in [6, 6.07) is 0. The minimum Gasteiger partial charge on any atom is -0.780 e. The Morgan fingerprint density at radius 3 is 1.60 bits per heavy atom. The maximum atomic E-state index is 14.6. The van der Waals surface area contributed by atoms with Crippen LogP contribution >= 0.6 is 33.7 Å². The molecule has 546 valence electrons. The smallest absolute Gasteiger partial charge is 0.330 e. The molecule has 50 heteroatoms. The Morgan fingerprint density at radius 1 is 0.622 bits per heavy atom. The number of nitrogen functional groups attached to an aromatic ring is 1. The lowest BCUT2D eigenvalue weighted by molar-refractivity contribution is -0.218. The fourth-order valence-electron chi connectivity index (χ4n) is 10.6. The van der Waals surface area contributed by atoms with Gasteiger partial charge in [0.25, 0.3) is 22.2 Å². The van der Waals surface area contributed by atoms with Gasteiger partial charge in [-0.1, -0.05) is 35.4 Å². The summed E-state index contributed by atoms with van der Waals surface area (Å²) in [7, 11) is 2.32. The molecule has 4 fully saturated rings. The fraction of sp³-hybridized carbons (Fsp3) is 0.646. The van der Waals surface area contributed by atoms with Crippen molar-refractivity contribution in [2.24, 2.45) is 0 Å². The summed E-state index contributed by atoms with van der Waals surface area (Å²) in [4.78, 5) is 160. The van der Waals surface area contributed by atoms with Crippen LogP contribution in [-0.4, -0.2) is 179 Å². The molecule has 0 aromatic carbocycles. The normalized spacial score (nSPS) is 29.0. The second kappa shape index (κ2) is 32.3. The Hall–Kier alpha value is -3.47. The van der Waals surface area contributed by atoms with E-state index < -0.39 is 198 Å². The van der Waals surface area contributed by atoms with Gasteiger partial charge in [-0.05, 0) is 52.8 Å². The van der Waals surface area contributed by atoms with Crippen LogP contribution in [0.25, 0.3) is 11.2 Å². The molecule has 19 atom stereocenters. The van der Waals surface area contributed by atoms with Crippen LogP contribution in [0.2, 0.25) is 0 Å². The second-order valence-electron chi connectivity index (χ2n) is 22.4. The van der Waals surface area contributed by atoms with E-state index in [4.69, 9.17) is 139 Å². The number of aliphatic hydroxyl groups is 1. The minimum absolute atomic E-state index is 0.000480. The summed E-state index contributed by atoms with van der Waals surface area (Å²) in [6.07, 6.45) is -17.3. The summed E-state index contributed by atoms with van der Waals surface area (Å²) in [5.74, 6) is -0.263. The lowest BCUT2D eigenvalue weighted by Crippen LogP contribution is -2.41. The molecule has 98 heavy (non-hydrogen) atoms. The van der Waals surface area contributed by atoms with Crippen molar-refractivity contribution in [2.45, 2.75) is 146 Å². The first kappa shape index (κ1) is 78.7. The molecule has 40 nitrogen and oxygen atoms in total. The summed E-state index contributed by atoms with van der Waals surface area (Å²) in [6.45, 7) is -19.8. The third kappa shape index (κ3) is 19.3. The lowest BCUT2D eigenvalue weighted by atomic mass is 10.1. The van der Waals surface area contributed by atoms with E-state index >= 15 is 0 Å². The molecule has 0 bridgehead atoms. The number of ether oxygens (including phenoxy) is 6. The number of imidazole rings is 1. The Labute approximate surface area is 578 Å². The number of rotatable bonds is 32. The number of H-pyrrole nitrogens is 4. The maximum absolute atomic E-state index is 14.6. The molecule has 0 saturated carbocycles. The molecular formula is C48H66N11O29P5S5-4. The number of aromatic amines is 4. The molecule has 0 spiro atoms. The number of aromatic nitrogens is 10. The van der Waals surface area contributed by atoms with E-state index in [2.05, 4.69) is 29.9 Å². The van der Waals surface area contributed by atoms with Crippen LogP contribution < -0.4 is 59.7 Å². The maximum Gasteiger partial charge on any atom is 0.330 e. The zero-order valence-corrected chi connectivity index (χ0v) is 60.8. The number of fused-ring (bicyclic) bond motifs is 1. The summed E-state index contributed by atoms with van der Waals surface area (Å²) >= 11 is 26.5. The van der Waals surface area contributed by atoms with Crippen molar-refractivity contribution < 1.29 is 103 Å². The van der Waals surface area contributed by atoms with Gasteiger partial charge in [0.05, 0.1) is 57.7 Å². The van der Waals surface area contributed by atoms with Crippen molar-refractivity contribution in [1.82, 2.24) is 48.2 Å². The standard InChI is InChI=1S/C48H70N11O29P5S5/c1-21(2)84-90(69,95)76-16-28-26(12-32(81-28)59-20-50-33-38(59)51-45(49)52-42(33)64)86-91(70,96)77-17-27-25(11-31(80-27)56-13-22(3)39(61)53-46(56)65)85-92(71,97)78-18-29-35(37(74-7)44(82-29)58-15-24(5)41(63)55-48(58)67)88-93(72,98)79-19-30-34(87-89(68,94)75-10-8-9-60)36(73-6)43(83-30)57-14-23(4)40(62)54-47(57)66/h13-15,20-21,25-32,34-37,43-44,60H,8-12,16-19H2,1-7H3,(H,68,94)(H,69,95)(H,70,96)(H,71,97)(H,72,98)(H,53,61,65)(H,54,62,66)(H,55,63,67)(H3,49,51,52,64)/p-4/t25-,26-,27-,28-,29-,30-,31-,32-,34+,35+,36?,37?,43-,44-,89?,90?,91?,92?,93?/m1/s1. The first-order valence-electron chi connectivity index (χ1n) is 29.1. The van der Waals surface area contributed by atoms with Gasteiger partial charge in [-0.25, -0.2) is 19.4 Å².